The molecule has 0 amide bonds. The molecule has 0 aliphatic carbocycles. The summed E-state index contributed by atoms with van der Waals surface area (Å²) in [7, 11) is -10.0. The van der Waals surface area contributed by atoms with E-state index in [9.17, 15) is 43.2 Å². The van der Waals surface area contributed by atoms with Crippen LogP contribution in [0.25, 0.3) is 0 Å². The predicted molar refractivity (Wildman–Crippen MR) is 454 cm³/mol. The van der Waals surface area contributed by atoms with Gasteiger partial charge in [0.2, 0.25) is 0 Å². The third-order valence-electron chi connectivity index (χ3n) is 16.2. The number of carbonyl (C=O) groups excluding carboxylic acids is 4. The Bertz CT molecular complexity index is 2900. The van der Waals surface area contributed by atoms with Gasteiger partial charge in [0, 0.05) is 25.7 Å². The standard InChI is InChI=1S/C91H144O17P2/c1-5-9-13-17-21-25-29-33-37-40-42-45-48-51-55-59-63-67-71-75-88(93)101-81-86(107-90(95)77-73-69-65-61-57-53-47-36-32-28-24-20-16-12-8-4)83-105-109(97,98)103-79-85(92)80-104-110(99,100)106-84-87(108-91(96)78-74-70-66-62-58-54-50-44-39-35-31-27-23-19-15-11-7-3)82-102-89(94)76-72-68-64-60-56-52-49-46-43-41-38-34-30-26-22-18-14-10-6-2/h9-16,21-28,33-39,42-43,45-47,50-51,54-55,57,61,85-87,92H,5-8,17-20,29-32,40-41,44,48-49,52-53,56,58-60,62-84H2,1-4H3,(H,97,98)(H,99,100)/b13-9-,14-10-,15-11-,16-12-,25-21-,26-22-,27-23-,28-24-,37-33-,38-34-,39-35-,45-42-,46-43-,47-36-,54-50-,55-51-,61-57-. The molecular weight excluding hydrogens is 1430 g/mol. The third kappa shape index (κ3) is 79.7. The van der Waals surface area contributed by atoms with Gasteiger partial charge in [0.15, 0.2) is 12.2 Å². The SMILES string of the molecule is CC/C=C\C/C=C\C/C=C\C/C=C\C/C=C\CCCCCC(=O)OCC(COP(=O)(O)OCC(O)COP(=O)(O)OCC(COC(=O)CCCCCCCC/C=C\C/C=C\C/C=C\C/C=C\CC)OC(=O)CCCCCC/C=C\C/C=C\C/C=C\C/C=C\CC)OC(=O)CCCC/C=C\C/C=C\C/C=C\C/C=C\CC. The first-order chi connectivity index (χ1) is 53.7. The van der Waals surface area contributed by atoms with E-state index in [4.69, 9.17) is 37.0 Å². The van der Waals surface area contributed by atoms with Gasteiger partial charge in [0.1, 0.15) is 19.3 Å². The fourth-order valence-electron chi connectivity index (χ4n) is 10.1. The van der Waals surface area contributed by atoms with Crippen molar-refractivity contribution < 1.29 is 80.2 Å². The summed E-state index contributed by atoms with van der Waals surface area (Å²) in [6, 6.07) is 0. The fraction of sp³-hybridized carbons (Fsp3) is 0.582. The van der Waals surface area contributed by atoms with Crippen molar-refractivity contribution >= 4 is 39.5 Å². The molecule has 0 heterocycles. The molecule has 0 rings (SSSR count). The average molecular weight is 1570 g/mol. The van der Waals surface area contributed by atoms with Crippen LogP contribution >= 0.6 is 15.6 Å². The van der Waals surface area contributed by atoms with E-state index in [1.54, 1.807) is 0 Å². The van der Waals surface area contributed by atoms with Crippen LogP contribution in [-0.2, 0) is 65.4 Å². The van der Waals surface area contributed by atoms with Crippen LogP contribution < -0.4 is 0 Å². The first-order valence-corrected chi connectivity index (χ1v) is 44.3. The minimum Gasteiger partial charge on any atom is -0.462 e. The lowest BCUT2D eigenvalue weighted by Crippen LogP contribution is -2.30. The van der Waals surface area contributed by atoms with Crippen molar-refractivity contribution in [1.29, 1.82) is 0 Å². The molecule has 0 aliphatic rings. The zero-order valence-electron chi connectivity index (χ0n) is 67.8. The van der Waals surface area contributed by atoms with Gasteiger partial charge in [-0.25, -0.2) is 9.13 Å². The summed E-state index contributed by atoms with van der Waals surface area (Å²) in [6.07, 6.45) is 101. The number of aliphatic hydroxyl groups excluding tert-OH is 1. The highest BCUT2D eigenvalue weighted by molar-refractivity contribution is 7.47. The van der Waals surface area contributed by atoms with Crippen LogP contribution in [0.4, 0.5) is 0 Å². The second-order valence-electron chi connectivity index (χ2n) is 26.5. The molecule has 0 spiro atoms. The minimum absolute atomic E-state index is 0.0257. The number of carbonyl (C=O) groups is 4. The Morgan fingerprint density at radius 3 is 0.709 bits per heavy atom. The highest BCUT2D eigenvalue weighted by Gasteiger charge is 2.30. The van der Waals surface area contributed by atoms with Crippen LogP contribution in [-0.4, -0.2) is 96.7 Å². The lowest BCUT2D eigenvalue weighted by Gasteiger charge is -2.21. The Hall–Kier alpha value is -6.36. The summed E-state index contributed by atoms with van der Waals surface area (Å²) >= 11 is 0. The summed E-state index contributed by atoms with van der Waals surface area (Å²) in [4.78, 5) is 73.2. The number of ether oxygens (including phenoxy) is 4. The average Bonchev–Trinajstić information content (AvgIpc) is 0.899. The second kappa shape index (κ2) is 80.7. The number of hydrogen-bond donors (Lipinski definition) is 3. The molecule has 0 fully saturated rings. The summed E-state index contributed by atoms with van der Waals surface area (Å²) < 4.78 is 68.6. The monoisotopic (exact) mass is 1570 g/mol. The number of aliphatic hydroxyl groups is 1. The Balaban J connectivity index is 5.50. The van der Waals surface area contributed by atoms with Gasteiger partial charge in [-0.3, -0.25) is 37.3 Å². The van der Waals surface area contributed by atoms with Crippen molar-refractivity contribution in [1.82, 2.24) is 0 Å². The number of rotatable bonds is 75. The quantitative estimate of drug-likeness (QED) is 0.0169. The van der Waals surface area contributed by atoms with Gasteiger partial charge in [-0.2, -0.15) is 0 Å². The van der Waals surface area contributed by atoms with Crippen molar-refractivity contribution in [3.63, 3.8) is 0 Å². The molecule has 17 nitrogen and oxygen atoms in total. The highest BCUT2D eigenvalue weighted by Crippen LogP contribution is 2.45. The van der Waals surface area contributed by atoms with E-state index in [2.05, 4.69) is 234 Å². The maximum Gasteiger partial charge on any atom is 0.472 e. The summed E-state index contributed by atoms with van der Waals surface area (Å²) in [6.45, 7) is 4.27. The van der Waals surface area contributed by atoms with Gasteiger partial charge < -0.3 is 33.8 Å². The van der Waals surface area contributed by atoms with E-state index in [0.29, 0.717) is 32.1 Å². The Morgan fingerprint density at radius 1 is 0.255 bits per heavy atom. The molecule has 0 bridgehead atoms. The number of allylic oxidation sites excluding steroid dienone is 34. The molecule has 0 saturated heterocycles. The Kier molecular flexibility index (Phi) is 76.0. The van der Waals surface area contributed by atoms with Crippen molar-refractivity contribution in [3.8, 4) is 0 Å². The van der Waals surface area contributed by atoms with Crippen molar-refractivity contribution in [3.05, 3.63) is 207 Å². The van der Waals surface area contributed by atoms with E-state index >= 15 is 0 Å². The van der Waals surface area contributed by atoms with Gasteiger partial charge in [0.25, 0.3) is 0 Å². The molecule has 0 saturated carbocycles. The largest absolute Gasteiger partial charge is 0.472 e. The predicted octanol–water partition coefficient (Wildman–Crippen LogP) is 24.7. The van der Waals surface area contributed by atoms with Crippen molar-refractivity contribution in [2.75, 3.05) is 39.6 Å². The molecule has 0 aliphatic heterocycles. The second-order valence-corrected chi connectivity index (χ2v) is 29.4. The molecule has 5 atom stereocenters. The normalized spacial score (nSPS) is 14.9. The number of unbranched alkanes of at least 4 members (excludes halogenated alkanes) is 15. The molecule has 0 aromatic carbocycles. The highest BCUT2D eigenvalue weighted by atomic mass is 31.2. The van der Waals surface area contributed by atoms with Gasteiger partial charge in [-0.15, -0.1) is 0 Å². The van der Waals surface area contributed by atoms with E-state index in [1.807, 2.05) is 0 Å². The molecule has 3 N–H and O–H groups in total. The lowest BCUT2D eigenvalue weighted by atomic mass is 10.1. The summed E-state index contributed by atoms with van der Waals surface area (Å²) in [5.74, 6) is -2.32. The van der Waals surface area contributed by atoms with Gasteiger partial charge >= 0.3 is 39.5 Å². The van der Waals surface area contributed by atoms with Crippen molar-refractivity contribution in [2.24, 2.45) is 0 Å². The van der Waals surface area contributed by atoms with Crippen LogP contribution in [0.5, 0.6) is 0 Å². The molecule has 19 heteroatoms. The topological polar surface area (TPSA) is 237 Å². The van der Waals surface area contributed by atoms with Crippen molar-refractivity contribution in [2.45, 2.75) is 303 Å². The van der Waals surface area contributed by atoms with Crippen LogP contribution in [0.3, 0.4) is 0 Å². The number of phosphoric ester groups is 2. The fourth-order valence-corrected chi connectivity index (χ4v) is 11.7. The van der Waals surface area contributed by atoms with Crippen LogP contribution in [0, 0.1) is 0 Å². The Morgan fingerprint density at radius 2 is 0.445 bits per heavy atom. The Labute approximate surface area is 665 Å². The summed E-state index contributed by atoms with van der Waals surface area (Å²) in [5, 5.41) is 10.7. The number of hydrogen-bond acceptors (Lipinski definition) is 15. The van der Waals surface area contributed by atoms with Gasteiger partial charge in [-0.05, 0) is 186 Å². The third-order valence-corrected chi connectivity index (χ3v) is 18.1. The molecular formula is C91H144O17P2. The van der Waals surface area contributed by atoms with E-state index in [1.165, 1.54) is 0 Å². The molecule has 620 valence electrons. The summed E-state index contributed by atoms with van der Waals surface area (Å²) in [5.41, 5.74) is 0. The zero-order valence-corrected chi connectivity index (χ0v) is 69.6. The number of phosphoric acid groups is 2. The molecule has 0 radical (unpaired) electrons. The molecule has 0 aromatic rings. The van der Waals surface area contributed by atoms with Crippen LogP contribution in [0.1, 0.15) is 285 Å². The smallest absolute Gasteiger partial charge is 0.462 e. The molecule has 5 unspecified atom stereocenters. The zero-order chi connectivity index (χ0) is 80.3. The van der Waals surface area contributed by atoms with E-state index < -0.39 is 97.5 Å². The first-order valence-electron chi connectivity index (χ1n) is 41.3. The maximum absolute atomic E-state index is 13.1. The van der Waals surface area contributed by atoms with E-state index in [-0.39, 0.29) is 25.7 Å². The van der Waals surface area contributed by atoms with Gasteiger partial charge in [0.05, 0.1) is 26.4 Å². The lowest BCUT2D eigenvalue weighted by molar-refractivity contribution is -0.161. The van der Waals surface area contributed by atoms with Gasteiger partial charge in [-0.1, -0.05) is 279 Å². The number of esters is 4. The maximum atomic E-state index is 13.1. The minimum atomic E-state index is -5.01. The van der Waals surface area contributed by atoms with Crippen LogP contribution in [0.2, 0.25) is 0 Å². The van der Waals surface area contributed by atoms with Crippen LogP contribution in [0.15, 0.2) is 207 Å². The first kappa shape index (κ1) is 104. The molecule has 110 heavy (non-hydrogen) atoms. The van der Waals surface area contributed by atoms with E-state index in [0.717, 1.165) is 199 Å². The molecule has 0 aromatic heterocycles.